The van der Waals surface area contributed by atoms with E-state index < -0.39 is 0 Å². The van der Waals surface area contributed by atoms with Crippen LogP contribution in [0, 0.1) is 29.5 Å². The van der Waals surface area contributed by atoms with Crippen LogP contribution in [0.4, 0.5) is 4.39 Å². The van der Waals surface area contributed by atoms with Gasteiger partial charge in [-0.25, -0.2) is 4.39 Å². The van der Waals surface area contributed by atoms with Crippen molar-refractivity contribution in [2.75, 3.05) is 39.8 Å². The average molecular weight is 427 g/mol. The molecule has 168 valence electrons. The summed E-state index contributed by atoms with van der Waals surface area (Å²) < 4.78 is 19.9. The van der Waals surface area contributed by atoms with Gasteiger partial charge in [-0.1, -0.05) is 37.6 Å². The molecule has 3 atom stereocenters. The van der Waals surface area contributed by atoms with Gasteiger partial charge in [-0.15, -0.1) is 10.2 Å². The fraction of sp³-hybridized carbons (Fsp3) is 0.600. The van der Waals surface area contributed by atoms with E-state index in [9.17, 15) is 4.39 Å². The molecule has 31 heavy (non-hydrogen) atoms. The molecule has 2 heterocycles. The highest BCUT2D eigenvalue weighted by Gasteiger charge is 2.33. The van der Waals surface area contributed by atoms with Crippen LogP contribution >= 0.6 is 0 Å². The van der Waals surface area contributed by atoms with Crippen LogP contribution in [0.3, 0.4) is 0 Å². The first kappa shape index (κ1) is 22.2. The first-order valence-electron chi connectivity index (χ1n) is 11.6. The molecular formula is C25H35FN4O. The Kier molecular flexibility index (Phi) is 6.87. The normalized spacial score (nSPS) is 25.7. The topological polar surface area (TPSA) is 45.4 Å². The minimum atomic E-state index is -0.335. The van der Waals surface area contributed by atoms with Crippen LogP contribution in [-0.2, 0) is 6.42 Å². The second kappa shape index (κ2) is 9.61. The van der Waals surface area contributed by atoms with Crippen molar-refractivity contribution in [3.63, 3.8) is 0 Å². The van der Waals surface area contributed by atoms with Crippen LogP contribution < -0.4 is 0 Å². The fourth-order valence-corrected chi connectivity index (χ4v) is 5.10. The van der Waals surface area contributed by atoms with Crippen molar-refractivity contribution in [2.45, 2.75) is 33.6 Å². The lowest BCUT2D eigenvalue weighted by Gasteiger charge is -2.41. The molecule has 1 aliphatic carbocycles. The first-order valence-corrected chi connectivity index (χ1v) is 11.6. The summed E-state index contributed by atoms with van der Waals surface area (Å²) in [4.78, 5) is 5.04. The van der Waals surface area contributed by atoms with Gasteiger partial charge in [0.05, 0.1) is 5.56 Å². The van der Waals surface area contributed by atoms with Gasteiger partial charge in [-0.2, -0.15) is 0 Å². The van der Waals surface area contributed by atoms with Crippen LogP contribution in [-0.4, -0.2) is 59.8 Å². The van der Waals surface area contributed by atoms with E-state index in [0.29, 0.717) is 41.5 Å². The van der Waals surface area contributed by atoms with E-state index in [2.05, 4.69) is 53.9 Å². The van der Waals surface area contributed by atoms with Crippen LogP contribution in [0.2, 0.25) is 0 Å². The van der Waals surface area contributed by atoms with E-state index in [4.69, 9.17) is 4.42 Å². The van der Waals surface area contributed by atoms with Crippen LogP contribution in [0.1, 0.15) is 33.1 Å². The number of halogens is 1. The molecule has 6 heteroatoms. The Balaban J connectivity index is 1.45. The Labute approximate surface area is 185 Å². The molecular weight excluding hydrogens is 391 g/mol. The Morgan fingerprint density at radius 1 is 1.13 bits per heavy atom. The van der Waals surface area contributed by atoms with Gasteiger partial charge >= 0.3 is 0 Å². The number of rotatable bonds is 6. The van der Waals surface area contributed by atoms with Crippen molar-refractivity contribution in [1.82, 2.24) is 20.0 Å². The molecule has 0 N–H and O–H groups in total. The number of hydrogen-bond donors (Lipinski definition) is 0. The van der Waals surface area contributed by atoms with E-state index in [1.165, 1.54) is 11.6 Å². The van der Waals surface area contributed by atoms with E-state index >= 15 is 0 Å². The Hall–Kier alpha value is -2.05. The van der Waals surface area contributed by atoms with Gasteiger partial charge in [-0.05, 0) is 56.2 Å². The Bertz CT molecular complexity index is 900. The minimum Gasteiger partial charge on any atom is -0.421 e. The van der Waals surface area contributed by atoms with E-state index in [-0.39, 0.29) is 11.7 Å². The number of aromatic nitrogens is 2. The van der Waals surface area contributed by atoms with Crippen molar-refractivity contribution in [1.29, 1.82) is 0 Å². The number of nitrogens with zero attached hydrogens (tertiary/aromatic N) is 4. The quantitative estimate of drug-likeness (QED) is 0.636. The summed E-state index contributed by atoms with van der Waals surface area (Å²) in [6.45, 7) is 12.7. The first-order chi connectivity index (χ1) is 14.9. The highest BCUT2D eigenvalue weighted by Crippen LogP contribution is 2.39. The molecule has 0 radical (unpaired) electrons. The lowest BCUT2D eigenvalue weighted by atomic mass is 9.69. The number of benzene rings is 1. The zero-order chi connectivity index (χ0) is 22.0. The third-order valence-corrected chi connectivity index (χ3v) is 7.14. The molecule has 0 amide bonds. The molecule has 2 aliphatic rings. The molecule has 0 bridgehead atoms. The van der Waals surface area contributed by atoms with Gasteiger partial charge in [0, 0.05) is 39.1 Å². The van der Waals surface area contributed by atoms with Crippen molar-refractivity contribution >= 4 is 0 Å². The third kappa shape index (κ3) is 5.24. The number of piperazine rings is 1. The van der Waals surface area contributed by atoms with Crippen molar-refractivity contribution in [3.8, 4) is 11.5 Å². The SMILES string of the molecule is CC1=CC(CN2CCN(C)CC2)C(C(C)C)CC1Cc1nnc(-c2ccccc2F)o1. The largest absolute Gasteiger partial charge is 0.421 e. The number of allylic oxidation sites excluding steroid dienone is 1. The summed E-state index contributed by atoms with van der Waals surface area (Å²) in [6.07, 6.45) is 4.36. The molecule has 0 spiro atoms. The maximum Gasteiger partial charge on any atom is 0.250 e. The van der Waals surface area contributed by atoms with E-state index in [1.54, 1.807) is 18.2 Å². The lowest BCUT2D eigenvalue weighted by Crippen LogP contribution is -2.47. The predicted molar refractivity (Wildman–Crippen MR) is 121 cm³/mol. The molecule has 1 aromatic heterocycles. The van der Waals surface area contributed by atoms with Gasteiger partial charge in [0.2, 0.25) is 5.89 Å². The predicted octanol–water partition coefficient (Wildman–Crippen LogP) is 4.52. The third-order valence-electron chi connectivity index (χ3n) is 7.14. The molecule has 5 nitrogen and oxygen atoms in total. The van der Waals surface area contributed by atoms with Crippen LogP contribution in [0.15, 0.2) is 40.3 Å². The molecule has 1 fully saturated rings. The van der Waals surface area contributed by atoms with Crippen LogP contribution in [0.5, 0.6) is 0 Å². The van der Waals surface area contributed by atoms with E-state index in [1.807, 2.05) is 0 Å². The molecule has 1 aromatic carbocycles. The smallest absolute Gasteiger partial charge is 0.250 e. The van der Waals surface area contributed by atoms with Gasteiger partial charge in [0.1, 0.15) is 5.82 Å². The standard InChI is InChI=1S/C25H35FN4O/c1-17(2)22-14-19(18(3)13-20(22)16-30-11-9-29(4)10-12-30)15-24-27-28-25(31-24)21-7-5-6-8-23(21)26/h5-8,13,17,19-20,22H,9-12,14-16H2,1-4H3. The zero-order valence-electron chi connectivity index (χ0n) is 19.2. The highest BCUT2D eigenvalue weighted by atomic mass is 19.1. The molecule has 1 saturated heterocycles. The van der Waals surface area contributed by atoms with Gasteiger partial charge in [-0.3, -0.25) is 0 Å². The zero-order valence-corrected chi connectivity index (χ0v) is 19.2. The fourth-order valence-electron chi connectivity index (χ4n) is 5.10. The monoisotopic (exact) mass is 426 g/mol. The maximum atomic E-state index is 14.1. The van der Waals surface area contributed by atoms with Crippen LogP contribution in [0.25, 0.3) is 11.5 Å². The maximum absolute atomic E-state index is 14.1. The molecule has 1 aliphatic heterocycles. The van der Waals surface area contributed by atoms with E-state index in [0.717, 1.165) is 39.1 Å². The van der Waals surface area contributed by atoms with Gasteiger partial charge < -0.3 is 14.2 Å². The van der Waals surface area contributed by atoms with Crippen molar-refractivity contribution < 1.29 is 8.81 Å². The second-order valence-corrected chi connectivity index (χ2v) is 9.70. The Morgan fingerprint density at radius 3 is 2.58 bits per heavy atom. The average Bonchev–Trinajstić information content (AvgIpc) is 3.20. The molecule has 3 unspecified atom stereocenters. The van der Waals surface area contributed by atoms with Crippen molar-refractivity contribution in [3.05, 3.63) is 47.6 Å². The summed E-state index contributed by atoms with van der Waals surface area (Å²) in [7, 11) is 2.21. The summed E-state index contributed by atoms with van der Waals surface area (Å²) in [5, 5.41) is 8.33. The summed E-state index contributed by atoms with van der Waals surface area (Å²) >= 11 is 0. The Morgan fingerprint density at radius 2 is 1.87 bits per heavy atom. The second-order valence-electron chi connectivity index (χ2n) is 9.70. The summed E-state index contributed by atoms with van der Waals surface area (Å²) in [6, 6.07) is 6.54. The molecule has 2 aromatic rings. The molecule has 4 rings (SSSR count). The minimum absolute atomic E-state index is 0.263. The number of likely N-dealkylation sites (N-methyl/N-ethyl adjacent to an activating group) is 1. The highest BCUT2D eigenvalue weighted by molar-refractivity contribution is 5.53. The number of hydrogen-bond acceptors (Lipinski definition) is 5. The molecule has 0 saturated carbocycles. The summed E-state index contributed by atoms with van der Waals surface area (Å²) in [5.74, 6) is 2.78. The lowest BCUT2D eigenvalue weighted by molar-refractivity contribution is 0.112. The van der Waals surface area contributed by atoms with Gasteiger partial charge in [0.25, 0.3) is 5.89 Å². The van der Waals surface area contributed by atoms with Crippen molar-refractivity contribution in [2.24, 2.45) is 23.7 Å². The summed E-state index contributed by atoms with van der Waals surface area (Å²) in [5.41, 5.74) is 1.78. The van der Waals surface area contributed by atoms with Gasteiger partial charge in [0.15, 0.2) is 0 Å².